The molecule has 6 aromatic rings. The number of aromatic nitrogens is 4. The zero-order chi connectivity index (χ0) is 29.7. The maximum atomic E-state index is 12.5. The molecule has 4 aromatic carbocycles. The third-order valence-corrected chi connectivity index (χ3v) is 9.08. The smallest absolute Gasteiger partial charge is 0.390 e. The molecule has 4 N–H and O–H groups in total. The zero-order valence-corrected chi connectivity index (χ0v) is 23.8. The van der Waals surface area contributed by atoms with Crippen molar-refractivity contribution in [1.29, 1.82) is 0 Å². The van der Waals surface area contributed by atoms with Crippen LogP contribution in [0.25, 0.3) is 43.5 Å². The van der Waals surface area contributed by atoms with E-state index in [1.807, 2.05) is 0 Å². The van der Waals surface area contributed by atoms with Gasteiger partial charge in [0.2, 0.25) is 0 Å². The van der Waals surface area contributed by atoms with Gasteiger partial charge < -0.3 is 14.7 Å². The molecule has 4 atom stereocenters. The van der Waals surface area contributed by atoms with Gasteiger partial charge in [-0.3, -0.25) is 28.4 Å². The van der Waals surface area contributed by atoms with Crippen LogP contribution in [-0.4, -0.2) is 54.9 Å². The lowest BCUT2D eigenvalue weighted by Crippen LogP contribution is -2.26. The van der Waals surface area contributed by atoms with Gasteiger partial charge in [0.25, 0.3) is 5.56 Å². The molecule has 2 aromatic heterocycles. The lowest BCUT2D eigenvalue weighted by atomic mass is 9.91. The van der Waals surface area contributed by atoms with Crippen molar-refractivity contribution in [3.63, 3.8) is 0 Å². The van der Waals surface area contributed by atoms with Crippen LogP contribution < -0.4 is 11.2 Å². The Morgan fingerprint density at radius 3 is 2.53 bits per heavy atom. The number of hydrogen-bond donors (Lipinski definition) is 4. The van der Waals surface area contributed by atoms with Gasteiger partial charge in [-0.15, -0.1) is 0 Å². The van der Waals surface area contributed by atoms with Crippen LogP contribution in [0.1, 0.15) is 31.1 Å². The molecule has 0 radical (unpaired) electrons. The Balaban J connectivity index is 0.926. The summed E-state index contributed by atoms with van der Waals surface area (Å²) in [6.07, 6.45) is 0.761. The van der Waals surface area contributed by atoms with E-state index in [1.54, 1.807) is 0 Å². The molecule has 12 nitrogen and oxygen atoms in total. The van der Waals surface area contributed by atoms with E-state index in [9.17, 15) is 24.2 Å². The molecule has 2 unspecified atom stereocenters. The van der Waals surface area contributed by atoms with Crippen LogP contribution in [0.2, 0.25) is 0 Å². The van der Waals surface area contributed by atoms with E-state index in [4.69, 9.17) is 13.8 Å². The lowest BCUT2D eigenvalue weighted by molar-refractivity contribution is -0.0439. The van der Waals surface area contributed by atoms with Crippen LogP contribution in [0.15, 0.2) is 70.5 Å². The van der Waals surface area contributed by atoms with E-state index in [-0.39, 0.29) is 24.2 Å². The number of hydrogen-bond acceptors (Lipinski definition) is 8. The fourth-order valence-corrected chi connectivity index (χ4v) is 6.79. The molecular weight excluding hydrogens is 575 g/mol. The van der Waals surface area contributed by atoms with Crippen LogP contribution in [0.5, 0.6) is 0 Å². The monoisotopic (exact) mass is 604 g/mol. The number of nitrogens with one attached hydrogen (secondary N) is 2. The number of nitrogens with zero attached hydrogens (tertiary/aromatic N) is 2. The van der Waals surface area contributed by atoms with Gasteiger partial charge in [-0.2, -0.15) is 0 Å². The van der Waals surface area contributed by atoms with Crippen molar-refractivity contribution in [2.75, 3.05) is 13.2 Å². The number of benzene rings is 4. The number of fused-ring (bicyclic) bond motifs is 1. The van der Waals surface area contributed by atoms with Crippen molar-refractivity contribution in [3.05, 3.63) is 87.3 Å². The molecular formula is C30H29N4O8P. The molecule has 0 aliphatic carbocycles. The number of H-pyrrole nitrogens is 2. The molecule has 1 saturated heterocycles. The van der Waals surface area contributed by atoms with E-state index in [0.717, 1.165) is 12.8 Å². The standard InChI is InChI=1S/C30H29N4O8P/c35-22-14-24(34-16-31-27-28(34)32-30(37)33-29(27)36)42-23(22)15-41-43(38,39)40-13-2-1-4-17-7-8-20-10-9-18-5-3-6-19-11-12-21(17)26(20)25(18)19/h3,5-12,16,22-24,35H,1-2,4,13-15H2,(H,38,39)(H2,32,33,36,37)/t22?,23-,24-/m1/s1. The summed E-state index contributed by atoms with van der Waals surface area (Å²) in [6, 6.07) is 19.3. The second-order valence-electron chi connectivity index (χ2n) is 10.8. The first-order valence-corrected chi connectivity index (χ1v) is 15.6. The van der Waals surface area contributed by atoms with Crippen molar-refractivity contribution >= 4 is 51.3 Å². The first-order valence-electron chi connectivity index (χ1n) is 14.1. The Bertz CT molecular complexity index is 2110. The number of aliphatic hydroxyl groups is 1. The van der Waals surface area contributed by atoms with Gasteiger partial charge in [0.1, 0.15) is 18.0 Å². The van der Waals surface area contributed by atoms with E-state index in [1.165, 1.54) is 48.8 Å². The quantitative estimate of drug-likeness (QED) is 0.102. The number of aryl methyl sites for hydroxylation is 1. The summed E-state index contributed by atoms with van der Waals surface area (Å²) in [6.45, 7) is -0.364. The first kappa shape index (κ1) is 27.9. The highest BCUT2D eigenvalue weighted by Crippen LogP contribution is 2.44. The van der Waals surface area contributed by atoms with Crippen LogP contribution in [-0.2, 0) is 24.8 Å². The molecule has 1 aliphatic rings. The lowest BCUT2D eigenvalue weighted by Gasteiger charge is -2.18. The molecule has 222 valence electrons. The van der Waals surface area contributed by atoms with Gasteiger partial charge in [0, 0.05) is 6.42 Å². The average molecular weight is 605 g/mol. The molecule has 3 heterocycles. The Kier molecular flexibility index (Phi) is 7.13. The van der Waals surface area contributed by atoms with Gasteiger partial charge in [0.15, 0.2) is 5.52 Å². The molecule has 0 bridgehead atoms. The Labute approximate surface area is 243 Å². The number of imidazole rings is 1. The molecule has 43 heavy (non-hydrogen) atoms. The van der Waals surface area contributed by atoms with Gasteiger partial charge in [-0.25, -0.2) is 14.3 Å². The average Bonchev–Trinajstić information content (AvgIpc) is 3.58. The molecule has 13 heteroatoms. The molecule has 1 fully saturated rings. The summed E-state index contributed by atoms with van der Waals surface area (Å²) in [5, 5.41) is 17.9. The van der Waals surface area contributed by atoms with Crippen molar-refractivity contribution in [1.82, 2.24) is 19.5 Å². The highest BCUT2D eigenvalue weighted by molar-refractivity contribution is 7.47. The summed E-state index contributed by atoms with van der Waals surface area (Å²) in [7, 11) is -4.40. The maximum absolute atomic E-state index is 12.5. The predicted octanol–water partition coefficient (Wildman–Crippen LogP) is 4.12. The Hall–Kier alpha value is -3.90. The number of aromatic amines is 2. The van der Waals surface area contributed by atoms with E-state index in [0.29, 0.717) is 6.42 Å². The van der Waals surface area contributed by atoms with Crippen LogP contribution in [0, 0.1) is 0 Å². The summed E-state index contributed by atoms with van der Waals surface area (Å²) in [5.74, 6) is 0. The first-order chi connectivity index (χ1) is 20.8. The normalized spacial score (nSPS) is 20.6. The minimum Gasteiger partial charge on any atom is -0.390 e. The van der Waals surface area contributed by atoms with E-state index < -0.39 is 44.1 Å². The van der Waals surface area contributed by atoms with Crippen molar-refractivity contribution in [3.8, 4) is 0 Å². The van der Waals surface area contributed by atoms with Crippen LogP contribution in [0.4, 0.5) is 0 Å². The minimum atomic E-state index is -4.40. The Morgan fingerprint density at radius 2 is 1.72 bits per heavy atom. The highest BCUT2D eigenvalue weighted by Gasteiger charge is 2.38. The van der Waals surface area contributed by atoms with Gasteiger partial charge in [-0.05, 0) is 57.1 Å². The predicted molar refractivity (Wildman–Crippen MR) is 160 cm³/mol. The summed E-state index contributed by atoms with van der Waals surface area (Å²) < 4.78 is 30.1. The second-order valence-corrected chi connectivity index (χ2v) is 12.3. The van der Waals surface area contributed by atoms with Gasteiger partial charge in [0.05, 0.1) is 25.6 Å². The SMILES string of the molecule is O=c1[nH]c(=O)c2ncn([C@H]3CC(O)[C@@H](COP(=O)(O)OCCCCc4ccc5ccc6cccc7ccc4c5c67)O3)c2[nH]1. The van der Waals surface area contributed by atoms with Crippen LogP contribution >= 0.6 is 7.82 Å². The van der Waals surface area contributed by atoms with Gasteiger partial charge in [-0.1, -0.05) is 54.6 Å². The highest BCUT2D eigenvalue weighted by atomic mass is 31.2. The van der Waals surface area contributed by atoms with E-state index in [2.05, 4.69) is 69.5 Å². The van der Waals surface area contributed by atoms with Crippen molar-refractivity contribution in [2.24, 2.45) is 0 Å². The van der Waals surface area contributed by atoms with Crippen LogP contribution in [0.3, 0.4) is 0 Å². The number of unbranched alkanes of at least 4 members (excludes halogenated alkanes) is 1. The molecule has 0 amide bonds. The number of phosphoric acid groups is 1. The second kappa shape index (κ2) is 11.0. The summed E-state index contributed by atoms with van der Waals surface area (Å²) in [5.41, 5.74) is 0.0308. The molecule has 1 aliphatic heterocycles. The number of ether oxygens (including phenoxy) is 1. The summed E-state index contributed by atoms with van der Waals surface area (Å²) >= 11 is 0. The van der Waals surface area contributed by atoms with Crippen molar-refractivity contribution in [2.45, 2.75) is 44.1 Å². The van der Waals surface area contributed by atoms with Crippen molar-refractivity contribution < 1.29 is 28.3 Å². The topological polar surface area (TPSA) is 169 Å². The fourth-order valence-electron chi connectivity index (χ4n) is 6.02. The maximum Gasteiger partial charge on any atom is 0.472 e. The molecule has 0 spiro atoms. The van der Waals surface area contributed by atoms with E-state index >= 15 is 0 Å². The third-order valence-electron chi connectivity index (χ3n) is 8.10. The third kappa shape index (κ3) is 5.27. The zero-order valence-electron chi connectivity index (χ0n) is 22.9. The van der Waals surface area contributed by atoms with Gasteiger partial charge >= 0.3 is 13.5 Å². The number of phosphoric ester groups is 1. The summed E-state index contributed by atoms with van der Waals surface area (Å²) in [4.78, 5) is 42.4. The molecule has 0 saturated carbocycles. The number of aliphatic hydroxyl groups excluding tert-OH is 1. The fraction of sp³-hybridized carbons (Fsp3) is 0.300. The molecule has 7 rings (SSSR count). The largest absolute Gasteiger partial charge is 0.472 e. The Morgan fingerprint density at radius 1 is 0.977 bits per heavy atom. The number of rotatable bonds is 10. The minimum absolute atomic E-state index is 0.0183.